The predicted octanol–water partition coefficient (Wildman–Crippen LogP) is 3.23. The SMILES string of the molecule is OCc1cnc(CCl)c(C(F)(F)F)c1OC(F)(F)F. The van der Waals surface area contributed by atoms with Crippen molar-refractivity contribution in [2.24, 2.45) is 0 Å². The molecule has 1 aromatic heterocycles. The fraction of sp³-hybridized carbons (Fsp3) is 0.444. The largest absolute Gasteiger partial charge is 0.573 e. The van der Waals surface area contributed by atoms with Crippen molar-refractivity contribution in [1.82, 2.24) is 4.98 Å². The molecule has 0 atom stereocenters. The number of ether oxygens (including phenoxy) is 1. The third-order valence-electron chi connectivity index (χ3n) is 1.98. The van der Waals surface area contributed by atoms with Gasteiger partial charge in [-0.05, 0) is 0 Å². The molecule has 0 amide bonds. The molecule has 1 heterocycles. The average Bonchev–Trinajstić information content (AvgIpc) is 2.24. The van der Waals surface area contributed by atoms with E-state index < -0.39 is 47.6 Å². The van der Waals surface area contributed by atoms with Gasteiger partial charge in [0.1, 0.15) is 5.56 Å². The van der Waals surface area contributed by atoms with E-state index in [1.165, 1.54) is 0 Å². The van der Waals surface area contributed by atoms with E-state index in [0.29, 0.717) is 6.20 Å². The first-order valence-corrected chi connectivity index (χ1v) is 5.14. The van der Waals surface area contributed by atoms with Crippen molar-refractivity contribution in [2.45, 2.75) is 25.0 Å². The van der Waals surface area contributed by atoms with Gasteiger partial charge in [0.2, 0.25) is 0 Å². The number of pyridine rings is 1. The molecular weight excluding hydrogens is 304 g/mol. The third-order valence-corrected chi connectivity index (χ3v) is 2.23. The van der Waals surface area contributed by atoms with Crippen molar-refractivity contribution in [1.29, 1.82) is 0 Å². The fourth-order valence-corrected chi connectivity index (χ4v) is 1.51. The van der Waals surface area contributed by atoms with Crippen LogP contribution in [-0.2, 0) is 18.7 Å². The van der Waals surface area contributed by atoms with Crippen LogP contribution in [0.3, 0.4) is 0 Å². The average molecular weight is 310 g/mol. The molecule has 0 spiro atoms. The maximum absolute atomic E-state index is 12.8. The lowest BCUT2D eigenvalue weighted by atomic mass is 10.1. The normalized spacial score (nSPS) is 12.6. The molecule has 19 heavy (non-hydrogen) atoms. The lowest BCUT2D eigenvalue weighted by molar-refractivity contribution is -0.276. The van der Waals surface area contributed by atoms with Crippen LogP contribution in [0.2, 0.25) is 0 Å². The Balaban J connectivity index is 3.53. The highest BCUT2D eigenvalue weighted by Crippen LogP contribution is 2.42. The lowest BCUT2D eigenvalue weighted by Gasteiger charge is -2.19. The first-order valence-electron chi connectivity index (χ1n) is 4.60. The summed E-state index contributed by atoms with van der Waals surface area (Å²) >= 11 is 5.22. The summed E-state index contributed by atoms with van der Waals surface area (Å²) in [7, 11) is 0. The van der Waals surface area contributed by atoms with Crippen LogP contribution < -0.4 is 4.74 Å². The fourth-order valence-electron chi connectivity index (χ4n) is 1.31. The minimum absolute atomic E-state index is 0.647. The van der Waals surface area contributed by atoms with Crippen LogP contribution in [0.4, 0.5) is 26.3 Å². The Hall–Kier alpha value is -1.22. The second-order valence-electron chi connectivity index (χ2n) is 3.27. The van der Waals surface area contributed by atoms with Crippen LogP contribution in [0.5, 0.6) is 5.75 Å². The van der Waals surface area contributed by atoms with E-state index in [-0.39, 0.29) is 0 Å². The van der Waals surface area contributed by atoms with Crippen LogP contribution in [0, 0.1) is 0 Å². The van der Waals surface area contributed by atoms with Crippen LogP contribution >= 0.6 is 11.6 Å². The van der Waals surface area contributed by atoms with Gasteiger partial charge in [-0.25, -0.2) is 0 Å². The highest BCUT2D eigenvalue weighted by molar-refractivity contribution is 6.17. The van der Waals surface area contributed by atoms with Crippen molar-refractivity contribution in [2.75, 3.05) is 0 Å². The van der Waals surface area contributed by atoms with Crippen molar-refractivity contribution >= 4 is 11.6 Å². The van der Waals surface area contributed by atoms with Gasteiger partial charge in [0.05, 0.1) is 18.2 Å². The van der Waals surface area contributed by atoms with E-state index >= 15 is 0 Å². The van der Waals surface area contributed by atoms with E-state index in [9.17, 15) is 26.3 Å². The molecule has 108 valence electrons. The van der Waals surface area contributed by atoms with Crippen LogP contribution in [0.25, 0.3) is 0 Å². The number of nitrogens with zero attached hydrogens (tertiary/aromatic N) is 1. The van der Waals surface area contributed by atoms with Gasteiger partial charge in [-0.1, -0.05) is 0 Å². The number of halogens is 7. The quantitative estimate of drug-likeness (QED) is 0.688. The maximum atomic E-state index is 12.8. The minimum Gasteiger partial charge on any atom is -0.405 e. The van der Waals surface area contributed by atoms with Gasteiger partial charge in [-0.3, -0.25) is 4.98 Å². The van der Waals surface area contributed by atoms with E-state index in [1.54, 1.807) is 0 Å². The minimum atomic E-state index is -5.34. The highest BCUT2D eigenvalue weighted by atomic mass is 35.5. The van der Waals surface area contributed by atoms with Gasteiger partial charge in [0.25, 0.3) is 0 Å². The summed E-state index contributed by atoms with van der Waals surface area (Å²) in [5.41, 5.74) is -3.30. The Morgan fingerprint density at radius 2 is 1.79 bits per heavy atom. The number of hydrogen-bond acceptors (Lipinski definition) is 3. The Morgan fingerprint density at radius 3 is 2.16 bits per heavy atom. The zero-order valence-corrected chi connectivity index (χ0v) is 9.70. The molecule has 0 radical (unpaired) electrons. The van der Waals surface area contributed by atoms with Crippen LogP contribution in [0.15, 0.2) is 6.20 Å². The summed E-state index contributed by atoms with van der Waals surface area (Å²) in [4.78, 5) is 3.27. The summed E-state index contributed by atoms with van der Waals surface area (Å²) in [5, 5.41) is 8.78. The number of hydrogen-bond donors (Lipinski definition) is 1. The van der Waals surface area contributed by atoms with Crippen molar-refractivity contribution in [3.05, 3.63) is 23.0 Å². The number of alkyl halides is 7. The lowest BCUT2D eigenvalue weighted by Crippen LogP contribution is -2.23. The molecule has 0 bridgehead atoms. The van der Waals surface area contributed by atoms with Gasteiger partial charge in [-0.15, -0.1) is 24.8 Å². The highest BCUT2D eigenvalue weighted by Gasteiger charge is 2.43. The molecule has 0 aliphatic heterocycles. The second kappa shape index (κ2) is 5.41. The molecule has 0 saturated carbocycles. The Labute approximate surface area is 107 Å². The molecule has 0 unspecified atom stereocenters. The van der Waals surface area contributed by atoms with E-state index in [4.69, 9.17) is 16.7 Å². The number of aromatic nitrogens is 1. The van der Waals surface area contributed by atoms with Gasteiger partial charge < -0.3 is 9.84 Å². The molecule has 10 heteroatoms. The topological polar surface area (TPSA) is 42.4 Å². The molecule has 0 fully saturated rings. The monoisotopic (exact) mass is 309 g/mol. The summed E-state index contributed by atoms with van der Waals surface area (Å²) in [6.45, 7) is -1.09. The number of aliphatic hydroxyl groups is 1. The molecule has 0 saturated heterocycles. The second-order valence-corrected chi connectivity index (χ2v) is 3.54. The smallest absolute Gasteiger partial charge is 0.405 e. The first-order chi connectivity index (χ1) is 8.60. The molecular formula is C9H6ClF6NO2. The Morgan fingerprint density at radius 1 is 1.21 bits per heavy atom. The molecule has 0 aliphatic carbocycles. The Bertz CT molecular complexity index is 459. The zero-order valence-electron chi connectivity index (χ0n) is 8.94. The van der Waals surface area contributed by atoms with E-state index in [0.717, 1.165) is 0 Å². The number of rotatable bonds is 3. The van der Waals surface area contributed by atoms with Crippen LogP contribution in [-0.4, -0.2) is 16.5 Å². The van der Waals surface area contributed by atoms with Gasteiger partial charge in [0, 0.05) is 11.8 Å². The number of aliphatic hydroxyl groups excluding tert-OH is 1. The predicted molar refractivity (Wildman–Crippen MR) is 51.4 cm³/mol. The van der Waals surface area contributed by atoms with Gasteiger partial charge >= 0.3 is 12.5 Å². The van der Waals surface area contributed by atoms with Gasteiger partial charge in [0.15, 0.2) is 5.75 Å². The third kappa shape index (κ3) is 3.87. The summed E-state index contributed by atoms with van der Waals surface area (Å²) in [6.07, 6.45) is -9.84. The summed E-state index contributed by atoms with van der Waals surface area (Å²) in [5.74, 6) is -2.29. The summed E-state index contributed by atoms with van der Waals surface area (Å²) in [6, 6.07) is 0. The van der Waals surface area contributed by atoms with E-state index in [1.807, 2.05) is 0 Å². The molecule has 1 aromatic rings. The van der Waals surface area contributed by atoms with Crippen molar-refractivity contribution in [3.63, 3.8) is 0 Å². The zero-order chi connectivity index (χ0) is 14.8. The van der Waals surface area contributed by atoms with E-state index in [2.05, 4.69) is 9.72 Å². The molecule has 0 aromatic carbocycles. The molecule has 1 N–H and O–H groups in total. The van der Waals surface area contributed by atoms with Crippen molar-refractivity contribution < 1.29 is 36.2 Å². The van der Waals surface area contributed by atoms with Crippen molar-refractivity contribution in [3.8, 4) is 5.75 Å². The van der Waals surface area contributed by atoms with Crippen LogP contribution in [0.1, 0.15) is 16.8 Å². The van der Waals surface area contributed by atoms with Gasteiger partial charge in [-0.2, -0.15) is 13.2 Å². The maximum Gasteiger partial charge on any atom is 0.573 e. The molecule has 0 aliphatic rings. The first kappa shape index (κ1) is 15.8. The molecule has 3 nitrogen and oxygen atoms in total. The Kier molecular flexibility index (Phi) is 4.51. The standard InChI is InChI=1S/C9H6ClF6NO2/c10-1-5-6(8(11,12)13)7(19-9(14,15)16)4(3-18)2-17-5/h2,18H,1,3H2. The summed E-state index contributed by atoms with van der Waals surface area (Å²) < 4.78 is 78.0. The molecule has 1 rings (SSSR count).